The van der Waals surface area contributed by atoms with Crippen LogP contribution in [0.25, 0.3) is 0 Å². The fourth-order valence-corrected chi connectivity index (χ4v) is 2.85. The number of hydrogen-bond acceptors (Lipinski definition) is 5. The second kappa shape index (κ2) is 9.64. The Hall–Kier alpha value is -2.47. The van der Waals surface area contributed by atoms with Crippen LogP contribution < -0.4 is 14.9 Å². The van der Waals surface area contributed by atoms with Gasteiger partial charge < -0.3 is 9.47 Å². The summed E-state index contributed by atoms with van der Waals surface area (Å²) in [6.45, 7) is 0.429. The molecule has 0 aliphatic carbocycles. The first-order valence-corrected chi connectivity index (χ1v) is 9.35. The summed E-state index contributed by atoms with van der Waals surface area (Å²) in [7, 11) is 1.60. The van der Waals surface area contributed by atoms with Gasteiger partial charge in [-0.1, -0.05) is 65.1 Å². The average Bonchev–Trinajstić information content (AvgIpc) is 2.71. The van der Waals surface area contributed by atoms with Gasteiger partial charge >= 0.3 is 0 Å². The van der Waals surface area contributed by atoms with Crippen LogP contribution in [-0.2, 0) is 6.61 Å². The standard InChI is InChI=1S/C20H16Cl3N3O2/c1-27-17-8-7-14(9-18(17)28-12-13-5-3-2-4-6-13)11-24-26-20-16(22)10-15(21)19(23)25-20/h2-11H,12H2,1H3,(H,25,26). The average molecular weight is 437 g/mol. The van der Waals surface area contributed by atoms with E-state index in [4.69, 9.17) is 44.3 Å². The molecular formula is C20H16Cl3N3O2. The van der Waals surface area contributed by atoms with Gasteiger partial charge in [0, 0.05) is 0 Å². The molecule has 0 spiro atoms. The number of nitrogens with one attached hydrogen (secondary N) is 1. The highest BCUT2D eigenvalue weighted by atomic mass is 35.5. The fourth-order valence-electron chi connectivity index (χ4n) is 2.31. The Kier molecular flexibility index (Phi) is 6.98. The fraction of sp³-hybridized carbons (Fsp3) is 0.100. The molecule has 1 heterocycles. The summed E-state index contributed by atoms with van der Waals surface area (Å²) in [5.41, 5.74) is 4.61. The van der Waals surface area contributed by atoms with Gasteiger partial charge in [-0.2, -0.15) is 5.10 Å². The van der Waals surface area contributed by atoms with E-state index in [9.17, 15) is 0 Å². The first-order chi connectivity index (χ1) is 13.6. The Labute approximate surface area is 177 Å². The Morgan fingerprint density at radius 2 is 1.79 bits per heavy atom. The van der Waals surface area contributed by atoms with Gasteiger partial charge in [0.15, 0.2) is 17.3 Å². The number of nitrogens with zero attached hydrogens (tertiary/aromatic N) is 2. The largest absolute Gasteiger partial charge is 0.493 e. The first kappa shape index (κ1) is 20.3. The van der Waals surface area contributed by atoms with Crippen molar-refractivity contribution in [3.63, 3.8) is 0 Å². The molecule has 2 aromatic carbocycles. The number of ether oxygens (including phenoxy) is 2. The van der Waals surface area contributed by atoms with Gasteiger partial charge in [-0.3, -0.25) is 5.43 Å². The maximum atomic E-state index is 6.07. The summed E-state index contributed by atoms with van der Waals surface area (Å²) >= 11 is 17.8. The van der Waals surface area contributed by atoms with Crippen molar-refractivity contribution in [1.29, 1.82) is 0 Å². The lowest BCUT2D eigenvalue weighted by molar-refractivity contribution is 0.284. The molecular weight excluding hydrogens is 421 g/mol. The lowest BCUT2D eigenvalue weighted by Crippen LogP contribution is -1.99. The van der Waals surface area contributed by atoms with E-state index in [1.165, 1.54) is 6.07 Å². The van der Waals surface area contributed by atoms with Crippen LogP contribution in [0, 0.1) is 0 Å². The zero-order chi connectivity index (χ0) is 19.9. The number of anilines is 1. The molecule has 0 radical (unpaired) electrons. The van der Waals surface area contributed by atoms with Gasteiger partial charge in [0.05, 0.1) is 23.4 Å². The van der Waals surface area contributed by atoms with Gasteiger partial charge in [0.25, 0.3) is 0 Å². The van der Waals surface area contributed by atoms with Crippen LogP contribution >= 0.6 is 34.8 Å². The van der Waals surface area contributed by atoms with Gasteiger partial charge in [-0.25, -0.2) is 4.98 Å². The lowest BCUT2D eigenvalue weighted by Gasteiger charge is -2.11. The van der Waals surface area contributed by atoms with Crippen LogP contribution in [0.4, 0.5) is 5.82 Å². The summed E-state index contributed by atoms with van der Waals surface area (Å²) in [6.07, 6.45) is 1.61. The van der Waals surface area contributed by atoms with Crippen molar-refractivity contribution in [3.8, 4) is 11.5 Å². The van der Waals surface area contributed by atoms with E-state index >= 15 is 0 Å². The molecule has 0 saturated carbocycles. The minimum atomic E-state index is 0.143. The smallest absolute Gasteiger partial charge is 0.166 e. The molecule has 0 amide bonds. The van der Waals surface area contributed by atoms with Crippen molar-refractivity contribution >= 4 is 46.8 Å². The number of halogens is 3. The molecule has 1 aromatic heterocycles. The number of methoxy groups -OCH3 is 1. The normalized spacial score (nSPS) is 10.9. The Morgan fingerprint density at radius 1 is 1.00 bits per heavy atom. The van der Waals surface area contributed by atoms with Crippen molar-refractivity contribution in [2.45, 2.75) is 6.61 Å². The molecule has 0 atom stereocenters. The number of hydrogen-bond donors (Lipinski definition) is 1. The number of benzene rings is 2. The number of rotatable bonds is 7. The quantitative estimate of drug-likeness (QED) is 0.277. The maximum absolute atomic E-state index is 6.07. The van der Waals surface area contributed by atoms with Crippen LogP contribution in [0.2, 0.25) is 15.2 Å². The van der Waals surface area contributed by atoms with E-state index < -0.39 is 0 Å². The van der Waals surface area contributed by atoms with Crippen LogP contribution in [0.1, 0.15) is 11.1 Å². The molecule has 8 heteroatoms. The number of pyridine rings is 1. The zero-order valence-electron chi connectivity index (χ0n) is 14.8. The molecule has 3 aromatic rings. The second-order valence-electron chi connectivity index (χ2n) is 5.65. The highest BCUT2D eigenvalue weighted by Gasteiger charge is 2.08. The molecule has 1 N–H and O–H groups in total. The highest BCUT2D eigenvalue weighted by Crippen LogP contribution is 2.30. The lowest BCUT2D eigenvalue weighted by atomic mass is 10.2. The van der Waals surface area contributed by atoms with E-state index in [-0.39, 0.29) is 10.2 Å². The highest BCUT2D eigenvalue weighted by molar-refractivity contribution is 6.42. The minimum absolute atomic E-state index is 0.143. The number of aromatic nitrogens is 1. The van der Waals surface area contributed by atoms with E-state index in [1.807, 2.05) is 48.5 Å². The molecule has 0 saturated heterocycles. The van der Waals surface area contributed by atoms with Crippen LogP contribution in [-0.4, -0.2) is 18.3 Å². The topological polar surface area (TPSA) is 55.7 Å². The molecule has 0 fully saturated rings. The molecule has 0 unspecified atom stereocenters. The monoisotopic (exact) mass is 435 g/mol. The summed E-state index contributed by atoms with van der Waals surface area (Å²) in [5.74, 6) is 1.55. The maximum Gasteiger partial charge on any atom is 0.166 e. The summed E-state index contributed by atoms with van der Waals surface area (Å²) in [4.78, 5) is 4.04. The predicted octanol–water partition coefficient (Wildman–Crippen LogP) is 6.08. The van der Waals surface area contributed by atoms with Crippen molar-refractivity contribution in [2.24, 2.45) is 5.10 Å². The molecule has 28 heavy (non-hydrogen) atoms. The van der Waals surface area contributed by atoms with E-state index in [1.54, 1.807) is 13.3 Å². The summed E-state index contributed by atoms with van der Waals surface area (Å²) < 4.78 is 11.3. The van der Waals surface area contributed by atoms with E-state index in [0.717, 1.165) is 11.1 Å². The third-order valence-corrected chi connectivity index (χ3v) is 4.66. The molecule has 5 nitrogen and oxygen atoms in total. The van der Waals surface area contributed by atoms with Gasteiger partial charge in [-0.05, 0) is 35.4 Å². The minimum Gasteiger partial charge on any atom is -0.493 e. The predicted molar refractivity (Wildman–Crippen MR) is 114 cm³/mol. The van der Waals surface area contributed by atoms with Crippen molar-refractivity contribution in [1.82, 2.24) is 4.98 Å². The van der Waals surface area contributed by atoms with Crippen LogP contribution in [0.15, 0.2) is 59.7 Å². The van der Waals surface area contributed by atoms with Crippen LogP contribution in [0.3, 0.4) is 0 Å². The van der Waals surface area contributed by atoms with Gasteiger partial charge in [0.1, 0.15) is 11.8 Å². The zero-order valence-corrected chi connectivity index (χ0v) is 17.1. The molecule has 144 valence electrons. The van der Waals surface area contributed by atoms with Crippen molar-refractivity contribution in [3.05, 3.63) is 80.9 Å². The summed E-state index contributed by atoms with van der Waals surface area (Å²) in [6, 6.07) is 16.9. The third kappa shape index (κ3) is 5.29. The molecule has 0 aliphatic heterocycles. The molecule has 3 rings (SSSR count). The number of hydrazone groups is 1. The Balaban J connectivity index is 1.72. The van der Waals surface area contributed by atoms with Gasteiger partial charge in [0.2, 0.25) is 0 Å². The van der Waals surface area contributed by atoms with E-state index in [0.29, 0.717) is 28.9 Å². The summed E-state index contributed by atoms with van der Waals surface area (Å²) in [5, 5.41) is 4.87. The third-order valence-electron chi connectivity index (χ3n) is 3.70. The second-order valence-corrected chi connectivity index (χ2v) is 6.82. The molecule has 0 aliphatic rings. The first-order valence-electron chi connectivity index (χ1n) is 8.22. The molecule has 0 bridgehead atoms. The Bertz CT molecular complexity index is 982. The Morgan fingerprint density at radius 3 is 2.54 bits per heavy atom. The van der Waals surface area contributed by atoms with Gasteiger partial charge in [-0.15, -0.1) is 0 Å². The SMILES string of the molecule is COc1ccc(C=NNc2nc(Cl)c(Cl)cc2Cl)cc1OCc1ccccc1. The van der Waals surface area contributed by atoms with E-state index in [2.05, 4.69) is 15.5 Å². The van der Waals surface area contributed by atoms with Crippen molar-refractivity contribution in [2.75, 3.05) is 12.5 Å². The van der Waals surface area contributed by atoms with Crippen LogP contribution in [0.5, 0.6) is 11.5 Å². The van der Waals surface area contributed by atoms with Crippen molar-refractivity contribution < 1.29 is 9.47 Å².